The summed E-state index contributed by atoms with van der Waals surface area (Å²) in [6, 6.07) is 16.6. The summed E-state index contributed by atoms with van der Waals surface area (Å²) in [6.07, 6.45) is 1.38. The molecule has 0 bridgehead atoms. The Hall–Kier alpha value is -2.70. The number of aliphatic hydroxyl groups is 2. The Morgan fingerprint density at radius 2 is 1.10 bits per heavy atom. The first kappa shape index (κ1) is 26.3. The molecule has 6 nitrogen and oxygen atoms in total. The lowest BCUT2D eigenvalue weighted by molar-refractivity contribution is 0.0663. The van der Waals surface area contributed by atoms with Crippen molar-refractivity contribution in [1.29, 1.82) is 0 Å². The quantitative estimate of drug-likeness (QED) is 0.546. The third kappa shape index (κ3) is 14.0. The predicted octanol–water partition coefficient (Wildman–Crippen LogP) is 4.32. The van der Waals surface area contributed by atoms with Gasteiger partial charge in [-0.25, -0.2) is 9.59 Å². The van der Waals surface area contributed by atoms with Gasteiger partial charge in [0, 0.05) is 0 Å². The molecule has 0 aliphatic rings. The zero-order chi connectivity index (χ0) is 22.2. The lowest BCUT2D eigenvalue weighted by atomic mass is 10.0. The molecule has 0 aliphatic carbocycles. The van der Waals surface area contributed by atoms with Crippen LogP contribution in [0.5, 0.6) is 0 Å². The molecular weight excluding hydrogens is 372 g/mol. The highest BCUT2D eigenvalue weighted by atomic mass is 16.4. The second-order valence-electron chi connectivity index (χ2n) is 6.92. The monoisotopic (exact) mass is 404 g/mol. The molecule has 4 N–H and O–H groups in total. The molecule has 0 amide bonds. The van der Waals surface area contributed by atoms with Gasteiger partial charge in [-0.2, -0.15) is 0 Å². The summed E-state index contributed by atoms with van der Waals surface area (Å²) in [4.78, 5) is 20.4. The average Bonchev–Trinajstić information content (AvgIpc) is 2.69. The van der Waals surface area contributed by atoms with Gasteiger partial charge in [-0.3, -0.25) is 0 Å². The van der Waals surface area contributed by atoms with Crippen LogP contribution in [0.4, 0.5) is 0 Å². The van der Waals surface area contributed by atoms with Gasteiger partial charge in [0.1, 0.15) is 0 Å². The number of aromatic carboxylic acids is 2. The summed E-state index contributed by atoms with van der Waals surface area (Å²) in [5, 5.41) is 35.3. The first-order valence-electron chi connectivity index (χ1n) is 9.60. The third-order valence-electron chi connectivity index (χ3n) is 3.80. The SMILES string of the molecule is CCC(O)CC(O)CC(C)C.O=C(O)c1ccccc1.O=C(O)c1ccccc1. The fourth-order valence-electron chi connectivity index (χ4n) is 2.28. The van der Waals surface area contributed by atoms with E-state index in [-0.39, 0.29) is 12.2 Å². The fraction of sp³-hybridized carbons (Fsp3) is 0.391. The molecule has 2 aromatic carbocycles. The highest BCUT2D eigenvalue weighted by Gasteiger charge is 2.11. The Morgan fingerprint density at radius 3 is 1.34 bits per heavy atom. The summed E-state index contributed by atoms with van der Waals surface area (Å²) in [6.45, 7) is 6.07. The van der Waals surface area contributed by atoms with Crippen molar-refractivity contribution in [2.75, 3.05) is 0 Å². The number of rotatable bonds is 7. The van der Waals surface area contributed by atoms with Gasteiger partial charge in [0.15, 0.2) is 0 Å². The molecule has 2 atom stereocenters. The third-order valence-corrected chi connectivity index (χ3v) is 3.80. The van der Waals surface area contributed by atoms with Gasteiger partial charge in [-0.15, -0.1) is 0 Å². The Kier molecular flexibility index (Phi) is 13.8. The number of benzene rings is 2. The van der Waals surface area contributed by atoms with Crippen molar-refractivity contribution in [3.05, 3.63) is 71.8 Å². The summed E-state index contributed by atoms with van der Waals surface area (Å²) in [5.74, 6) is -1.25. The van der Waals surface area contributed by atoms with Crippen LogP contribution in [0.1, 0.15) is 60.7 Å². The molecule has 0 fully saturated rings. The second-order valence-corrected chi connectivity index (χ2v) is 6.92. The molecule has 0 radical (unpaired) electrons. The molecule has 2 unspecified atom stereocenters. The summed E-state index contributed by atoms with van der Waals surface area (Å²) in [5.41, 5.74) is 0.662. The Bertz CT molecular complexity index is 636. The molecule has 0 spiro atoms. The molecule has 0 aromatic heterocycles. The van der Waals surface area contributed by atoms with Gasteiger partial charge in [0.25, 0.3) is 0 Å². The van der Waals surface area contributed by atoms with Crippen LogP contribution in [0, 0.1) is 5.92 Å². The van der Waals surface area contributed by atoms with Gasteiger partial charge >= 0.3 is 11.9 Å². The van der Waals surface area contributed by atoms with Gasteiger partial charge < -0.3 is 20.4 Å². The molecule has 2 aromatic rings. The molecule has 0 saturated carbocycles. The lowest BCUT2D eigenvalue weighted by Crippen LogP contribution is -2.18. The second kappa shape index (κ2) is 15.2. The minimum atomic E-state index is -0.879. The number of carbonyl (C=O) groups is 2. The van der Waals surface area contributed by atoms with Crippen molar-refractivity contribution in [3.63, 3.8) is 0 Å². The van der Waals surface area contributed by atoms with Crippen molar-refractivity contribution in [3.8, 4) is 0 Å². The molecule has 0 heterocycles. The largest absolute Gasteiger partial charge is 0.478 e. The predicted molar refractivity (Wildman–Crippen MR) is 113 cm³/mol. The molecular formula is C23H32O6. The standard InChI is InChI=1S/C9H20O2.2C7H6O2/c1-4-8(10)6-9(11)5-7(2)3;2*8-7(9)6-4-2-1-3-5-6/h7-11H,4-6H2,1-3H3;2*1-5H,(H,8,9). The topological polar surface area (TPSA) is 115 Å². The normalized spacial score (nSPS) is 11.9. The number of hydrogen-bond acceptors (Lipinski definition) is 4. The molecule has 2 rings (SSSR count). The van der Waals surface area contributed by atoms with E-state index in [9.17, 15) is 19.8 Å². The number of hydrogen-bond donors (Lipinski definition) is 4. The molecule has 0 saturated heterocycles. The van der Waals surface area contributed by atoms with Crippen LogP contribution in [-0.2, 0) is 0 Å². The number of carboxylic acid groups (broad SMARTS) is 2. The molecule has 160 valence electrons. The first-order chi connectivity index (χ1) is 13.7. The van der Waals surface area contributed by atoms with Crippen LogP contribution in [0.25, 0.3) is 0 Å². The Balaban J connectivity index is 0.000000408. The zero-order valence-corrected chi connectivity index (χ0v) is 17.2. The van der Waals surface area contributed by atoms with Gasteiger partial charge in [0.05, 0.1) is 23.3 Å². The molecule has 0 aliphatic heterocycles. The maximum atomic E-state index is 10.2. The minimum Gasteiger partial charge on any atom is -0.478 e. The highest BCUT2D eigenvalue weighted by Crippen LogP contribution is 2.10. The van der Waals surface area contributed by atoms with E-state index in [1.54, 1.807) is 60.7 Å². The van der Waals surface area contributed by atoms with Crippen LogP contribution in [0.15, 0.2) is 60.7 Å². The van der Waals surface area contributed by atoms with E-state index in [1.165, 1.54) is 0 Å². The Labute approximate surface area is 172 Å². The van der Waals surface area contributed by atoms with Crippen LogP contribution in [0.2, 0.25) is 0 Å². The van der Waals surface area contributed by atoms with Crippen LogP contribution in [-0.4, -0.2) is 44.6 Å². The number of aliphatic hydroxyl groups excluding tert-OH is 2. The van der Waals surface area contributed by atoms with E-state index in [0.717, 1.165) is 12.8 Å². The Morgan fingerprint density at radius 1 is 0.724 bits per heavy atom. The van der Waals surface area contributed by atoms with E-state index in [1.807, 2.05) is 6.92 Å². The minimum absolute atomic E-state index is 0.329. The highest BCUT2D eigenvalue weighted by molar-refractivity contribution is 5.87. The van der Waals surface area contributed by atoms with Crippen molar-refractivity contribution in [1.82, 2.24) is 0 Å². The van der Waals surface area contributed by atoms with Crippen molar-refractivity contribution in [2.24, 2.45) is 5.92 Å². The van der Waals surface area contributed by atoms with Crippen molar-refractivity contribution < 1.29 is 30.0 Å². The fourth-order valence-corrected chi connectivity index (χ4v) is 2.28. The lowest BCUT2D eigenvalue weighted by Gasteiger charge is -2.15. The van der Waals surface area contributed by atoms with Gasteiger partial charge in [-0.1, -0.05) is 57.2 Å². The smallest absolute Gasteiger partial charge is 0.335 e. The van der Waals surface area contributed by atoms with Gasteiger partial charge in [-0.05, 0) is 49.4 Å². The molecule has 29 heavy (non-hydrogen) atoms. The van der Waals surface area contributed by atoms with E-state index >= 15 is 0 Å². The van der Waals surface area contributed by atoms with Crippen molar-refractivity contribution in [2.45, 2.75) is 52.2 Å². The summed E-state index contributed by atoms with van der Waals surface area (Å²) in [7, 11) is 0. The zero-order valence-electron chi connectivity index (χ0n) is 17.2. The first-order valence-corrected chi connectivity index (χ1v) is 9.60. The van der Waals surface area contributed by atoms with E-state index in [4.69, 9.17) is 10.2 Å². The maximum Gasteiger partial charge on any atom is 0.335 e. The molecule has 6 heteroatoms. The van der Waals surface area contributed by atoms with Crippen molar-refractivity contribution >= 4 is 11.9 Å². The van der Waals surface area contributed by atoms with E-state index in [0.29, 0.717) is 23.5 Å². The van der Waals surface area contributed by atoms with E-state index in [2.05, 4.69) is 13.8 Å². The number of carboxylic acids is 2. The van der Waals surface area contributed by atoms with Gasteiger partial charge in [0.2, 0.25) is 0 Å². The van der Waals surface area contributed by atoms with Crippen LogP contribution in [0.3, 0.4) is 0 Å². The van der Waals surface area contributed by atoms with Crippen LogP contribution < -0.4 is 0 Å². The summed E-state index contributed by atoms with van der Waals surface area (Å²) >= 11 is 0. The summed E-state index contributed by atoms with van der Waals surface area (Å²) < 4.78 is 0. The van der Waals surface area contributed by atoms with E-state index < -0.39 is 11.9 Å². The van der Waals surface area contributed by atoms with Crippen LogP contribution >= 0.6 is 0 Å². The maximum absolute atomic E-state index is 10.2. The average molecular weight is 405 g/mol.